The number of hydrogen-bond donors (Lipinski definition) is 1. The van der Waals surface area contributed by atoms with Crippen LogP contribution in [0.5, 0.6) is 5.75 Å². The van der Waals surface area contributed by atoms with Gasteiger partial charge in [-0.2, -0.15) is 0 Å². The molecule has 1 unspecified atom stereocenters. The van der Waals surface area contributed by atoms with Gasteiger partial charge in [-0.15, -0.1) is 11.3 Å². The molecule has 1 N–H and O–H groups in total. The maximum Gasteiger partial charge on any atom is 0.170 e. The van der Waals surface area contributed by atoms with Crippen LogP contribution in [0.15, 0.2) is 29.9 Å². The van der Waals surface area contributed by atoms with E-state index in [1.54, 1.807) is 29.9 Å². The molecule has 0 saturated heterocycles. The summed E-state index contributed by atoms with van der Waals surface area (Å²) in [6.07, 6.45) is 2.76. The Balaban J connectivity index is 2.38. The summed E-state index contributed by atoms with van der Waals surface area (Å²) in [6.45, 7) is 2.90. The van der Waals surface area contributed by atoms with Crippen LogP contribution >= 0.6 is 11.3 Å². The van der Waals surface area contributed by atoms with E-state index in [-0.39, 0.29) is 17.6 Å². The predicted molar refractivity (Wildman–Crippen MR) is 75.2 cm³/mol. The Morgan fingerprint density at radius 3 is 2.95 bits per heavy atom. The second-order valence-corrected chi connectivity index (χ2v) is 5.07. The van der Waals surface area contributed by atoms with E-state index in [9.17, 15) is 4.39 Å². The lowest BCUT2D eigenvalue weighted by Crippen LogP contribution is -2.23. The quantitative estimate of drug-likeness (QED) is 0.881. The van der Waals surface area contributed by atoms with Gasteiger partial charge in [-0.3, -0.25) is 4.98 Å². The molecule has 5 heteroatoms. The zero-order valence-electron chi connectivity index (χ0n) is 11.0. The van der Waals surface area contributed by atoms with Crippen LogP contribution in [0, 0.1) is 5.82 Å². The first-order valence-corrected chi connectivity index (χ1v) is 7.10. The van der Waals surface area contributed by atoms with Crippen LogP contribution in [0.2, 0.25) is 0 Å². The van der Waals surface area contributed by atoms with Gasteiger partial charge in [-0.1, -0.05) is 19.1 Å². The minimum atomic E-state index is -0.313. The highest BCUT2D eigenvalue weighted by Crippen LogP contribution is 2.30. The Bertz CT molecular complexity index is 516. The number of methoxy groups -OCH3 is 1. The van der Waals surface area contributed by atoms with Crippen molar-refractivity contribution < 1.29 is 9.13 Å². The molecule has 0 fully saturated rings. The number of rotatable bonds is 6. The van der Waals surface area contributed by atoms with E-state index in [4.69, 9.17) is 4.74 Å². The molecular formula is C14H17FN2OS. The van der Waals surface area contributed by atoms with Crippen LogP contribution in [-0.2, 0) is 0 Å². The first-order valence-electron chi connectivity index (χ1n) is 6.22. The first-order chi connectivity index (χ1) is 9.27. The fourth-order valence-corrected chi connectivity index (χ4v) is 2.64. The molecule has 2 rings (SSSR count). The maximum absolute atomic E-state index is 14.4. The van der Waals surface area contributed by atoms with Gasteiger partial charge < -0.3 is 10.1 Å². The van der Waals surface area contributed by atoms with Gasteiger partial charge in [0.25, 0.3) is 0 Å². The van der Waals surface area contributed by atoms with Gasteiger partial charge >= 0.3 is 0 Å². The largest absolute Gasteiger partial charge is 0.494 e. The molecule has 1 aromatic carbocycles. The number of halogens is 1. The maximum atomic E-state index is 14.4. The molecular weight excluding hydrogens is 263 g/mol. The Hall–Kier alpha value is -1.46. The molecule has 0 saturated carbocycles. The summed E-state index contributed by atoms with van der Waals surface area (Å²) in [4.78, 5) is 5.07. The fourth-order valence-electron chi connectivity index (χ4n) is 1.93. The number of nitrogens with one attached hydrogen (secondary N) is 1. The monoisotopic (exact) mass is 280 g/mol. The lowest BCUT2D eigenvalue weighted by molar-refractivity contribution is 0.381. The van der Waals surface area contributed by atoms with Gasteiger partial charge in [-0.25, -0.2) is 4.39 Å². The van der Waals surface area contributed by atoms with Crippen LogP contribution in [0.25, 0.3) is 0 Å². The second-order valence-electron chi connectivity index (χ2n) is 4.15. The Morgan fingerprint density at radius 1 is 1.47 bits per heavy atom. The first kappa shape index (κ1) is 14.0. The van der Waals surface area contributed by atoms with Gasteiger partial charge in [0.05, 0.1) is 18.7 Å². The molecule has 0 aliphatic rings. The molecule has 0 amide bonds. The van der Waals surface area contributed by atoms with Crippen LogP contribution < -0.4 is 10.1 Å². The normalized spacial score (nSPS) is 12.4. The summed E-state index contributed by atoms with van der Waals surface area (Å²) in [5.74, 6) is -0.0442. The van der Waals surface area contributed by atoms with Crippen molar-refractivity contribution in [3.8, 4) is 5.75 Å². The number of nitrogens with zero attached hydrogens (tertiary/aromatic N) is 1. The summed E-state index contributed by atoms with van der Waals surface area (Å²) >= 11 is 1.52. The summed E-state index contributed by atoms with van der Waals surface area (Å²) in [6, 6.07) is 5.04. The Kier molecular flexibility index (Phi) is 4.87. The number of thiazole rings is 1. The fraction of sp³-hybridized carbons (Fsp3) is 0.357. The van der Waals surface area contributed by atoms with Gasteiger partial charge in [0.2, 0.25) is 0 Å². The van der Waals surface area contributed by atoms with Crippen LogP contribution in [0.1, 0.15) is 29.8 Å². The van der Waals surface area contributed by atoms with E-state index in [0.717, 1.165) is 17.8 Å². The highest BCUT2D eigenvalue weighted by Gasteiger charge is 2.20. The number of aromatic nitrogens is 1. The van der Waals surface area contributed by atoms with Crippen molar-refractivity contribution in [1.29, 1.82) is 0 Å². The SMILES string of the molecule is CCCNC(c1cncs1)c1cccc(OC)c1F. The summed E-state index contributed by atoms with van der Waals surface area (Å²) in [7, 11) is 1.48. The molecule has 0 aliphatic carbocycles. The third-order valence-corrected chi connectivity index (χ3v) is 3.70. The number of benzene rings is 1. The van der Waals surface area contributed by atoms with Crippen molar-refractivity contribution in [3.63, 3.8) is 0 Å². The van der Waals surface area contributed by atoms with Gasteiger partial charge in [0.1, 0.15) is 0 Å². The van der Waals surface area contributed by atoms with Crippen molar-refractivity contribution in [2.75, 3.05) is 13.7 Å². The predicted octanol–water partition coefficient (Wildman–Crippen LogP) is 3.38. The molecule has 0 spiro atoms. The summed E-state index contributed by atoms with van der Waals surface area (Å²) < 4.78 is 19.4. The van der Waals surface area contributed by atoms with E-state index < -0.39 is 0 Å². The van der Waals surface area contributed by atoms with Gasteiger partial charge in [-0.05, 0) is 19.0 Å². The van der Waals surface area contributed by atoms with Gasteiger partial charge in [0.15, 0.2) is 11.6 Å². The minimum absolute atomic E-state index is 0.178. The van der Waals surface area contributed by atoms with Crippen molar-refractivity contribution in [3.05, 3.63) is 46.2 Å². The highest BCUT2D eigenvalue weighted by molar-refractivity contribution is 7.09. The second kappa shape index (κ2) is 6.63. The Labute approximate surface area is 116 Å². The average Bonchev–Trinajstić information content (AvgIpc) is 2.95. The lowest BCUT2D eigenvalue weighted by Gasteiger charge is -2.18. The van der Waals surface area contributed by atoms with Crippen LogP contribution in [-0.4, -0.2) is 18.6 Å². The van der Waals surface area contributed by atoms with Crippen LogP contribution in [0.4, 0.5) is 4.39 Å². The standard InChI is InChI=1S/C14H17FN2OS/c1-3-7-17-14(12-8-16-9-19-12)10-5-4-6-11(18-2)13(10)15/h4-6,8-9,14,17H,3,7H2,1-2H3. The minimum Gasteiger partial charge on any atom is -0.494 e. The average molecular weight is 280 g/mol. The van der Waals surface area contributed by atoms with E-state index in [1.807, 2.05) is 0 Å². The number of ether oxygens (including phenoxy) is 1. The molecule has 0 bridgehead atoms. The zero-order chi connectivity index (χ0) is 13.7. The summed E-state index contributed by atoms with van der Waals surface area (Å²) in [5.41, 5.74) is 2.35. The molecule has 1 heterocycles. The van der Waals surface area contributed by atoms with E-state index >= 15 is 0 Å². The molecule has 0 radical (unpaired) electrons. The molecule has 19 heavy (non-hydrogen) atoms. The van der Waals surface area contributed by atoms with Gasteiger partial charge in [0, 0.05) is 16.6 Å². The molecule has 0 aliphatic heterocycles. The van der Waals surface area contributed by atoms with Crippen molar-refractivity contribution in [1.82, 2.24) is 10.3 Å². The molecule has 3 nitrogen and oxygen atoms in total. The van der Waals surface area contributed by atoms with Crippen LogP contribution in [0.3, 0.4) is 0 Å². The van der Waals surface area contributed by atoms with Crippen molar-refractivity contribution in [2.45, 2.75) is 19.4 Å². The smallest absolute Gasteiger partial charge is 0.170 e. The molecule has 102 valence electrons. The van der Waals surface area contributed by atoms with E-state index in [2.05, 4.69) is 17.2 Å². The molecule has 2 aromatic rings. The molecule has 1 aromatic heterocycles. The third-order valence-electron chi connectivity index (χ3n) is 2.86. The molecule has 1 atom stereocenters. The van der Waals surface area contributed by atoms with Crippen molar-refractivity contribution in [2.24, 2.45) is 0 Å². The highest BCUT2D eigenvalue weighted by atomic mass is 32.1. The van der Waals surface area contributed by atoms with Crippen molar-refractivity contribution >= 4 is 11.3 Å². The van der Waals surface area contributed by atoms with E-state index in [0.29, 0.717) is 5.56 Å². The summed E-state index contributed by atoms with van der Waals surface area (Å²) in [5, 5.41) is 3.36. The van der Waals surface area contributed by atoms with E-state index in [1.165, 1.54) is 18.4 Å². The third kappa shape index (κ3) is 3.11. The lowest BCUT2D eigenvalue weighted by atomic mass is 10.0. The zero-order valence-corrected chi connectivity index (χ0v) is 11.8. The topological polar surface area (TPSA) is 34.2 Å². The number of hydrogen-bond acceptors (Lipinski definition) is 4. The Morgan fingerprint density at radius 2 is 2.32 bits per heavy atom.